The van der Waals surface area contributed by atoms with E-state index in [0.29, 0.717) is 64.0 Å². The Labute approximate surface area is 252 Å². The van der Waals surface area contributed by atoms with Crippen LogP contribution in [0.1, 0.15) is 50.0 Å². The molecule has 2 aromatic carbocycles. The highest BCUT2D eigenvalue weighted by Gasteiger charge is 2.22. The molecule has 0 spiro atoms. The van der Waals surface area contributed by atoms with Crippen LogP contribution >= 0.6 is 11.6 Å². The van der Waals surface area contributed by atoms with Crippen LogP contribution in [0.3, 0.4) is 0 Å². The lowest BCUT2D eigenvalue weighted by Gasteiger charge is -2.18. The van der Waals surface area contributed by atoms with Crippen LogP contribution in [0, 0.1) is 5.92 Å². The molecule has 4 aromatic rings. The van der Waals surface area contributed by atoms with Gasteiger partial charge in [-0.3, -0.25) is 14.9 Å². The Kier molecular flexibility index (Phi) is 9.11. The van der Waals surface area contributed by atoms with E-state index in [1.54, 1.807) is 48.7 Å². The van der Waals surface area contributed by atoms with E-state index in [4.69, 9.17) is 16.6 Å². The molecule has 0 saturated heterocycles. The smallest absolute Gasteiger partial charge is 0.411 e. The molecule has 0 saturated carbocycles. The average Bonchev–Trinajstić information content (AvgIpc) is 3.70. The van der Waals surface area contributed by atoms with Gasteiger partial charge in [0.2, 0.25) is 11.8 Å². The Bertz CT molecular complexity index is 1650. The molecule has 2 aromatic heterocycles. The molecule has 4 N–H and O–H groups in total. The van der Waals surface area contributed by atoms with Gasteiger partial charge < -0.3 is 20.4 Å². The fraction of sp³-hybridized carbons (Fsp3) is 0.276. The highest BCUT2D eigenvalue weighted by atomic mass is 35.5. The molecule has 13 nitrogen and oxygen atoms in total. The number of rotatable bonds is 5. The number of ether oxygens (including phenoxy) is 1. The second kappa shape index (κ2) is 13.3. The SMILES string of the molecule is COC(=O)Nc1ccc2c(c1)NC(=O)CCC(C)CCC(NC(=O)/C=C/c1cc(Cl)ccc1-n1cnnn1)c1nc-2c[nH]1. The minimum absolute atomic E-state index is 0.143. The van der Waals surface area contributed by atoms with Gasteiger partial charge in [-0.1, -0.05) is 18.5 Å². The number of nitrogens with one attached hydrogen (secondary N) is 4. The first-order chi connectivity index (χ1) is 20.8. The fourth-order valence-corrected chi connectivity index (χ4v) is 4.94. The number of halogens is 1. The number of fused-ring (bicyclic) bond motifs is 4. The second-order valence-corrected chi connectivity index (χ2v) is 10.6. The summed E-state index contributed by atoms with van der Waals surface area (Å²) >= 11 is 6.21. The lowest BCUT2D eigenvalue weighted by Crippen LogP contribution is -2.28. The van der Waals surface area contributed by atoms with Crippen molar-refractivity contribution in [2.45, 2.75) is 38.6 Å². The van der Waals surface area contributed by atoms with Crippen LogP contribution in [-0.4, -0.2) is 55.2 Å². The number of aromatic amines is 1. The van der Waals surface area contributed by atoms with Gasteiger partial charge in [-0.2, -0.15) is 4.68 Å². The van der Waals surface area contributed by atoms with Crippen molar-refractivity contribution in [2.75, 3.05) is 17.7 Å². The summed E-state index contributed by atoms with van der Waals surface area (Å²) in [7, 11) is 1.27. The molecule has 0 radical (unpaired) electrons. The lowest BCUT2D eigenvalue weighted by molar-refractivity contribution is -0.117. The van der Waals surface area contributed by atoms with Gasteiger partial charge in [0.1, 0.15) is 12.2 Å². The summed E-state index contributed by atoms with van der Waals surface area (Å²) in [6, 6.07) is 9.90. The maximum absolute atomic E-state index is 13.2. The van der Waals surface area contributed by atoms with Gasteiger partial charge in [-0.15, -0.1) is 5.10 Å². The quantitative estimate of drug-likeness (QED) is 0.233. The number of nitrogens with zero attached hydrogens (tertiary/aromatic N) is 5. The van der Waals surface area contributed by atoms with Crippen molar-refractivity contribution in [1.29, 1.82) is 0 Å². The van der Waals surface area contributed by atoms with Gasteiger partial charge in [0.25, 0.3) is 0 Å². The van der Waals surface area contributed by atoms with E-state index in [-0.39, 0.29) is 17.7 Å². The summed E-state index contributed by atoms with van der Waals surface area (Å²) in [6.07, 6.45) is 8.00. The summed E-state index contributed by atoms with van der Waals surface area (Å²) in [5.74, 6) is 0.330. The number of amides is 3. The van der Waals surface area contributed by atoms with Crippen molar-refractivity contribution in [3.05, 3.63) is 71.4 Å². The number of tetrazole rings is 1. The van der Waals surface area contributed by atoms with Gasteiger partial charge in [0, 0.05) is 40.5 Å². The van der Waals surface area contributed by atoms with Crippen LogP contribution in [0.25, 0.3) is 23.0 Å². The van der Waals surface area contributed by atoms with Crippen molar-refractivity contribution < 1.29 is 19.1 Å². The largest absolute Gasteiger partial charge is 0.453 e. The normalized spacial score (nSPS) is 17.1. The van der Waals surface area contributed by atoms with E-state index in [1.807, 2.05) is 0 Å². The Hall–Kier alpha value is -5.04. The molecule has 2 unspecified atom stereocenters. The molecule has 5 rings (SSSR count). The van der Waals surface area contributed by atoms with E-state index in [0.717, 1.165) is 6.42 Å². The molecular formula is C29H30ClN9O4. The van der Waals surface area contributed by atoms with Crippen LogP contribution in [-0.2, 0) is 14.3 Å². The van der Waals surface area contributed by atoms with Crippen LogP contribution < -0.4 is 16.0 Å². The Morgan fingerprint density at radius 1 is 1.16 bits per heavy atom. The Morgan fingerprint density at radius 3 is 2.81 bits per heavy atom. The zero-order valence-corrected chi connectivity index (χ0v) is 24.3. The lowest BCUT2D eigenvalue weighted by atomic mass is 9.96. The van der Waals surface area contributed by atoms with Crippen LogP contribution in [0.2, 0.25) is 5.02 Å². The monoisotopic (exact) mass is 603 g/mol. The van der Waals surface area contributed by atoms with E-state index < -0.39 is 12.1 Å². The molecule has 0 aliphatic carbocycles. The van der Waals surface area contributed by atoms with Gasteiger partial charge in [0.05, 0.1) is 30.2 Å². The van der Waals surface area contributed by atoms with Crippen molar-refractivity contribution in [2.24, 2.45) is 5.92 Å². The van der Waals surface area contributed by atoms with Gasteiger partial charge in [-0.05, 0) is 78.1 Å². The van der Waals surface area contributed by atoms with E-state index in [2.05, 4.69) is 48.1 Å². The topological polar surface area (TPSA) is 169 Å². The van der Waals surface area contributed by atoms with Crippen LogP contribution in [0.4, 0.5) is 16.2 Å². The summed E-state index contributed by atoms with van der Waals surface area (Å²) in [4.78, 5) is 45.7. The number of benzene rings is 2. The van der Waals surface area contributed by atoms with Crippen molar-refractivity contribution >= 4 is 47.0 Å². The first-order valence-electron chi connectivity index (χ1n) is 13.6. The number of hydrogen-bond donors (Lipinski definition) is 4. The number of imidazole rings is 1. The first kappa shape index (κ1) is 29.5. The highest BCUT2D eigenvalue weighted by Crippen LogP contribution is 2.32. The summed E-state index contributed by atoms with van der Waals surface area (Å²) in [5.41, 5.74) is 3.50. The van der Waals surface area contributed by atoms with Gasteiger partial charge in [0.15, 0.2) is 0 Å². The molecule has 43 heavy (non-hydrogen) atoms. The molecule has 1 aliphatic rings. The van der Waals surface area contributed by atoms with Crippen molar-refractivity contribution in [1.82, 2.24) is 35.5 Å². The molecular weight excluding hydrogens is 574 g/mol. The van der Waals surface area contributed by atoms with Gasteiger partial charge >= 0.3 is 6.09 Å². The molecule has 1 aliphatic heterocycles. The van der Waals surface area contributed by atoms with E-state index in [9.17, 15) is 14.4 Å². The standard InChI is InChI=1S/C29H30ClN9O4/c1-17-3-9-22(34-27(41)12-5-18-13-19(30)6-10-25(18)39-16-32-37-38-39)28-31-15-24(36-28)21-8-7-20(33-29(42)43-2)14-23(21)35-26(40)11-4-17/h5-8,10,12-17,22H,3-4,9,11H2,1-2H3,(H,31,36)(H,33,42)(H,34,41)(H,35,40)/b12-5+. The number of H-pyrrole nitrogens is 1. The molecule has 3 amide bonds. The minimum atomic E-state index is -0.624. The minimum Gasteiger partial charge on any atom is -0.453 e. The average molecular weight is 604 g/mol. The Morgan fingerprint density at radius 2 is 2.02 bits per heavy atom. The number of anilines is 2. The zero-order chi connectivity index (χ0) is 30.3. The van der Waals surface area contributed by atoms with Crippen LogP contribution in [0.15, 0.2) is 55.0 Å². The molecule has 2 atom stereocenters. The first-order valence-corrected chi connectivity index (χ1v) is 14.0. The number of carbonyl (C=O) groups is 3. The van der Waals surface area contributed by atoms with Crippen molar-refractivity contribution in [3.63, 3.8) is 0 Å². The number of carbonyl (C=O) groups excluding carboxylic acids is 3. The van der Waals surface area contributed by atoms with Crippen LogP contribution in [0.5, 0.6) is 0 Å². The number of methoxy groups -OCH3 is 1. The third-order valence-electron chi connectivity index (χ3n) is 7.06. The zero-order valence-electron chi connectivity index (χ0n) is 23.5. The Balaban J connectivity index is 1.41. The predicted molar refractivity (Wildman–Crippen MR) is 160 cm³/mol. The maximum Gasteiger partial charge on any atom is 0.411 e. The fourth-order valence-electron chi connectivity index (χ4n) is 4.76. The predicted octanol–water partition coefficient (Wildman–Crippen LogP) is 4.90. The van der Waals surface area contributed by atoms with Gasteiger partial charge in [-0.25, -0.2) is 9.78 Å². The molecule has 14 heteroatoms. The van der Waals surface area contributed by atoms with Crippen molar-refractivity contribution in [3.8, 4) is 16.9 Å². The third-order valence-corrected chi connectivity index (χ3v) is 7.29. The number of aromatic nitrogens is 6. The molecule has 3 heterocycles. The third kappa shape index (κ3) is 7.43. The summed E-state index contributed by atoms with van der Waals surface area (Å²) in [6.45, 7) is 2.07. The molecule has 222 valence electrons. The molecule has 0 fully saturated rings. The molecule has 2 bridgehead atoms. The van der Waals surface area contributed by atoms with E-state index >= 15 is 0 Å². The summed E-state index contributed by atoms with van der Waals surface area (Å²) < 4.78 is 6.17. The van der Waals surface area contributed by atoms with E-state index in [1.165, 1.54) is 24.2 Å². The summed E-state index contributed by atoms with van der Waals surface area (Å²) in [5, 5.41) is 20.4. The number of hydrogen-bond acceptors (Lipinski definition) is 8. The second-order valence-electron chi connectivity index (χ2n) is 10.2. The highest BCUT2D eigenvalue weighted by molar-refractivity contribution is 6.30. The maximum atomic E-state index is 13.2.